The zero-order valence-electron chi connectivity index (χ0n) is 10.7. The lowest BCUT2D eigenvalue weighted by Crippen LogP contribution is -2.51. The summed E-state index contributed by atoms with van der Waals surface area (Å²) in [5.74, 6) is -1.53. The number of carboxylic acid groups (broad SMARTS) is 1. The molecule has 0 aromatic heterocycles. The Morgan fingerprint density at radius 2 is 1.94 bits per heavy atom. The maximum Gasteiger partial charge on any atom is 0.319 e. The van der Waals surface area contributed by atoms with E-state index < -0.39 is 18.0 Å². The Morgan fingerprint density at radius 3 is 2.44 bits per heavy atom. The predicted molar refractivity (Wildman–Crippen MR) is 67.0 cm³/mol. The number of aryl methyl sites for hydroxylation is 1. The van der Waals surface area contributed by atoms with Crippen LogP contribution in [0.2, 0.25) is 0 Å². The molecule has 0 aliphatic rings. The number of aliphatic carboxylic acids is 1. The second kappa shape index (κ2) is 6.05. The molecule has 0 heterocycles. The fraction of sp³-hybridized carbons (Fsp3) is 0.385. The van der Waals surface area contributed by atoms with Gasteiger partial charge in [-0.15, -0.1) is 0 Å². The van der Waals surface area contributed by atoms with Crippen molar-refractivity contribution in [2.45, 2.75) is 26.8 Å². The lowest BCUT2D eigenvalue weighted by Gasteiger charge is -2.23. The van der Waals surface area contributed by atoms with Gasteiger partial charge in [-0.1, -0.05) is 26.0 Å². The van der Waals surface area contributed by atoms with Crippen LogP contribution in [0.5, 0.6) is 0 Å². The molecule has 1 atom stereocenters. The molecule has 1 aromatic carbocycles. The molecule has 0 radical (unpaired) electrons. The first-order valence-electron chi connectivity index (χ1n) is 5.75. The van der Waals surface area contributed by atoms with E-state index in [-0.39, 0.29) is 5.92 Å². The van der Waals surface area contributed by atoms with Crippen molar-refractivity contribution < 1.29 is 14.7 Å². The van der Waals surface area contributed by atoms with Gasteiger partial charge in [0, 0.05) is 5.69 Å². The molecule has 2 amide bonds. The Bertz CT molecular complexity index is 444. The van der Waals surface area contributed by atoms with Gasteiger partial charge in [-0.25, -0.2) is 4.79 Å². The second-order valence-corrected chi connectivity index (χ2v) is 4.51. The first kappa shape index (κ1) is 14.0. The Labute approximate surface area is 106 Å². The third-order valence-electron chi connectivity index (χ3n) is 2.48. The number of benzene rings is 1. The van der Waals surface area contributed by atoms with Crippen LogP contribution in [0.15, 0.2) is 24.3 Å². The number of nitrogens with one attached hydrogen (secondary N) is 2. The van der Waals surface area contributed by atoms with Gasteiger partial charge in [0.2, 0.25) is 0 Å². The van der Waals surface area contributed by atoms with Gasteiger partial charge in [-0.3, -0.25) is 0 Å². The van der Waals surface area contributed by atoms with Crippen molar-refractivity contribution in [3.63, 3.8) is 0 Å². The van der Waals surface area contributed by atoms with Crippen LogP contribution in [0.1, 0.15) is 19.4 Å². The average molecular weight is 249 g/mol. The molecule has 0 saturated heterocycles. The molecule has 0 bridgehead atoms. The fourth-order valence-corrected chi connectivity index (χ4v) is 1.53. The molecule has 98 valence electrons. The fourth-order valence-electron chi connectivity index (χ4n) is 1.53. The maximum atomic E-state index is 11.6. The first-order chi connectivity index (χ1) is 8.40. The molecule has 1 rings (SSSR count). The molecule has 0 fully saturated rings. The number of carbonyl (C=O) groups is 2. The number of hydrogen-bond donors (Lipinski definition) is 2. The van der Waals surface area contributed by atoms with Crippen LogP contribution >= 0.6 is 0 Å². The van der Waals surface area contributed by atoms with Crippen LogP contribution in [0.25, 0.3) is 0 Å². The number of amides is 2. The summed E-state index contributed by atoms with van der Waals surface area (Å²) in [7, 11) is 0. The SMILES string of the molecule is Cc1cccc(NC(=O)N[C@@H](C(=O)[O-])C(C)C)c1. The van der Waals surface area contributed by atoms with Crippen LogP contribution in [0.4, 0.5) is 10.5 Å². The van der Waals surface area contributed by atoms with E-state index in [0.717, 1.165) is 5.56 Å². The zero-order valence-corrected chi connectivity index (χ0v) is 10.7. The number of hydrogen-bond acceptors (Lipinski definition) is 3. The van der Waals surface area contributed by atoms with Crippen molar-refractivity contribution in [1.29, 1.82) is 0 Å². The smallest absolute Gasteiger partial charge is 0.319 e. The molecule has 0 aliphatic heterocycles. The number of carboxylic acids is 1. The van der Waals surface area contributed by atoms with Crippen molar-refractivity contribution in [2.75, 3.05) is 5.32 Å². The molecule has 5 heteroatoms. The highest BCUT2D eigenvalue weighted by molar-refractivity contribution is 5.92. The van der Waals surface area contributed by atoms with Crippen molar-refractivity contribution in [1.82, 2.24) is 5.32 Å². The number of carbonyl (C=O) groups excluding carboxylic acids is 2. The Kier molecular flexibility index (Phi) is 4.71. The van der Waals surface area contributed by atoms with E-state index in [1.807, 2.05) is 19.1 Å². The molecule has 2 N–H and O–H groups in total. The molecule has 1 aromatic rings. The normalized spacial score (nSPS) is 12.0. The molecule has 5 nitrogen and oxygen atoms in total. The highest BCUT2D eigenvalue weighted by Gasteiger charge is 2.17. The summed E-state index contributed by atoms with van der Waals surface area (Å²) in [4.78, 5) is 22.5. The minimum absolute atomic E-state index is 0.238. The van der Waals surface area contributed by atoms with Crippen molar-refractivity contribution in [2.24, 2.45) is 5.92 Å². The van der Waals surface area contributed by atoms with Crippen molar-refractivity contribution in [3.8, 4) is 0 Å². The largest absolute Gasteiger partial charge is 0.548 e. The zero-order chi connectivity index (χ0) is 13.7. The lowest BCUT2D eigenvalue weighted by atomic mass is 10.1. The Hall–Kier alpha value is -2.04. The molecular weight excluding hydrogens is 232 g/mol. The van der Waals surface area contributed by atoms with E-state index in [9.17, 15) is 14.7 Å². The van der Waals surface area contributed by atoms with Crippen molar-refractivity contribution in [3.05, 3.63) is 29.8 Å². The predicted octanol–water partition coefficient (Wildman–Crippen LogP) is 0.891. The number of urea groups is 1. The summed E-state index contributed by atoms with van der Waals surface area (Å²) in [6.45, 7) is 5.31. The van der Waals surface area contributed by atoms with Gasteiger partial charge in [0.25, 0.3) is 0 Å². The van der Waals surface area contributed by atoms with Gasteiger partial charge >= 0.3 is 6.03 Å². The van der Waals surface area contributed by atoms with E-state index in [0.29, 0.717) is 5.69 Å². The third kappa shape index (κ3) is 4.08. The molecular formula is C13H17N2O3-. The molecule has 18 heavy (non-hydrogen) atoms. The summed E-state index contributed by atoms with van der Waals surface area (Å²) in [6, 6.07) is 5.68. The summed E-state index contributed by atoms with van der Waals surface area (Å²) < 4.78 is 0. The van der Waals surface area contributed by atoms with Gasteiger partial charge in [0.1, 0.15) is 0 Å². The highest BCUT2D eigenvalue weighted by Crippen LogP contribution is 2.09. The second-order valence-electron chi connectivity index (χ2n) is 4.51. The number of rotatable bonds is 4. The first-order valence-corrected chi connectivity index (χ1v) is 5.75. The summed E-state index contributed by atoms with van der Waals surface area (Å²) >= 11 is 0. The van der Waals surface area contributed by atoms with E-state index in [2.05, 4.69) is 10.6 Å². The van der Waals surface area contributed by atoms with Crippen LogP contribution in [0.3, 0.4) is 0 Å². The summed E-state index contributed by atoms with van der Waals surface area (Å²) in [5, 5.41) is 15.8. The van der Waals surface area contributed by atoms with Crippen LogP contribution in [0, 0.1) is 12.8 Å². The van der Waals surface area contributed by atoms with Gasteiger partial charge in [-0.2, -0.15) is 0 Å². The monoisotopic (exact) mass is 249 g/mol. The van der Waals surface area contributed by atoms with E-state index in [1.54, 1.807) is 26.0 Å². The van der Waals surface area contributed by atoms with Crippen LogP contribution in [-0.2, 0) is 4.79 Å². The van der Waals surface area contributed by atoms with E-state index in [1.165, 1.54) is 0 Å². The molecule has 0 unspecified atom stereocenters. The molecule has 0 saturated carbocycles. The Balaban J connectivity index is 2.63. The van der Waals surface area contributed by atoms with Gasteiger partial charge < -0.3 is 20.5 Å². The minimum Gasteiger partial charge on any atom is -0.548 e. The van der Waals surface area contributed by atoms with Gasteiger partial charge in [0.05, 0.1) is 12.0 Å². The Morgan fingerprint density at radius 1 is 1.28 bits per heavy atom. The molecule has 0 aliphatic carbocycles. The quantitative estimate of drug-likeness (QED) is 0.831. The van der Waals surface area contributed by atoms with Gasteiger partial charge in [0.15, 0.2) is 0 Å². The van der Waals surface area contributed by atoms with Gasteiger partial charge in [-0.05, 0) is 30.5 Å². The van der Waals surface area contributed by atoms with Crippen LogP contribution < -0.4 is 15.7 Å². The molecule has 0 spiro atoms. The third-order valence-corrected chi connectivity index (χ3v) is 2.48. The van der Waals surface area contributed by atoms with Crippen molar-refractivity contribution >= 4 is 17.7 Å². The standard InChI is InChI=1S/C13H18N2O3/c1-8(2)11(12(16)17)15-13(18)14-10-6-4-5-9(3)7-10/h4-8,11H,1-3H3,(H,16,17)(H2,14,15,18)/p-1/t11-/m1/s1. The van der Waals surface area contributed by atoms with E-state index in [4.69, 9.17) is 0 Å². The summed E-state index contributed by atoms with van der Waals surface area (Å²) in [6.07, 6.45) is 0. The topological polar surface area (TPSA) is 81.3 Å². The maximum absolute atomic E-state index is 11.6. The highest BCUT2D eigenvalue weighted by atomic mass is 16.4. The minimum atomic E-state index is -1.29. The average Bonchev–Trinajstić information content (AvgIpc) is 2.25. The van der Waals surface area contributed by atoms with Crippen LogP contribution in [-0.4, -0.2) is 18.0 Å². The number of anilines is 1. The van der Waals surface area contributed by atoms with E-state index >= 15 is 0 Å². The lowest BCUT2D eigenvalue weighted by molar-refractivity contribution is -0.309. The summed E-state index contributed by atoms with van der Waals surface area (Å²) in [5.41, 5.74) is 1.63.